The number of piperazine rings is 1. The van der Waals surface area contributed by atoms with Crippen molar-refractivity contribution in [1.29, 1.82) is 0 Å². The van der Waals surface area contributed by atoms with Crippen molar-refractivity contribution in [1.82, 2.24) is 19.8 Å². The lowest BCUT2D eigenvalue weighted by Crippen LogP contribution is -2.53. The molecule has 3 rings (SSSR count). The molecule has 8 heteroatoms. The molecule has 1 amide bonds. The summed E-state index contributed by atoms with van der Waals surface area (Å²) >= 11 is 0. The molecule has 132 valence electrons. The standard InChI is InChI=1S/C16H26N6O2/c17-16(24)14-11-18-12-15(19-14)22-3-1-13(2-4-22)21-7-5-20(6-8-21)9-10-23/h11-13,23H,1-10H2,(H2,17,24). The number of hydrogen-bond donors (Lipinski definition) is 2. The second-order valence-electron chi connectivity index (χ2n) is 6.45. The van der Waals surface area contributed by atoms with Crippen LogP contribution >= 0.6 is 0 Å². The number of anilines is 1. The second kappa shape index (κ2) is 7.87. The summed E-state index contributed by atoms with van der Waals surface area (Å²) < 4.78 is 0. The van der Waals surface area contributed by atoms with Crippen molar-refractivity contribution in [3.05, 3.63) is 18.1 Å². The molecular weight excluding hydrogens is 308 g/mol. The van der Waals surface area contributed by atoms with Crippen molar-refractivity contribution in [2.75, 3.05) is 57.3 Å². The minimum atomic E-state index is -0.542. The number of piperidine rings is 1. The largest absolute Gasteiger partial charge is 0.395 e. The molecular formula is C16H26N6O2. The zero-order valence-electron chi connectivity index (χ0n) is 14.0. The molecule has 2 aliphatic heterocycles. The van der Waals surface area contributed by atoms with E-state index in [1.54, 1.807) is 6.20 Å². The van der Waals surface area contributed by atoms with Crippen molar-refractivity contribution in [2.45, 2.75) is 18.9 Å². The average molecular weight is 334 g/mol. The lowest BCUT2D eigenvalue weighted by Gasteiger charge is -2.42. The molecule has 0 spiro atoms. The van der Waals surface area contributed by atoms with Gasteiger partial charge in [-0.25, -0.2) is 4.98 Å². The highest BCUT2D eigenvalue weighted by Crippen LogP contribution is 2.21. The molecule has 8 nitrogen and oxygen atoms in total. The first-order chi connectivity index (χ1) is 11.7. The fourth-order valence-electron chi connectivity index (χ4n) is 3.58. The Hall–Kier alpha value is -1.77. The third kappa shape index (κ3) is 4.00. The van der Waals surface area contributed by atoms with Crippen LogP contribution in [0.4, 0.5) is 5.82 Å². The van der Waals surface area contributed by atoms with Crippen LogP contribution in [-0.4, -0.2) is 89.2 Å². The van der Waals surface area contributed by atoms with Gasteiger partial charge in [-0.2, -0.15) is 0 Å². The van der Waals surface area contributed by atoms with E-state index in [9.17, 15) is 4.79 Å². The lowest BCUT2D eigenvalue weighted by atomic mass is 10.0. The van der Waals surface area contributed by atoms with E-state index in [2.05, 4.69) is 24.7 Å². The van der Waals surface area contributed by atoms with Crippen LogP contribution < -0.4 is 10.6 Å². The first-order valence-corrected chi connectivity index (χ1v) is 8.61. The number of carbonyl (C=O) groups is 1. The summed E-state index contributed by atoms with van der Waals surface area (Å²) in [5, 5.41) is 9.02. The van der Waals surface area contributed by atoms with Crippen LogP contribution in [0, 0.1) is 0 Å². The average Bonchev–Trinajstić information content (AvgIpc) is 2.63. The molecule has 0 aromatic carbocycles. The molecule has 0 unspecified atom stereocenters. The van der Waals surface area contributed by atoms with Crippen LogP contribution in [-0.2, 0) is 0 Å². The Morgan fingerprint density at radius 2 is 1.88 bits per heavy atom. The van der Waals surface area contributed by atoms with E-state index >= 15 is 0 Å². The van der Waals surface area contributed by atoms with Crippen LogP contribution in [0.2, 0.25) is 0 Å². The Morgan fingerprint density at radius 3 is 2.50 bits per heavy atom. The molecule has 3 N–H and O–H groups in total. The number of primary amides is 1. The maximum atomic E-state index is 11.2. The molecule has 2 fully saturated rings. The first-order valence-electron chi connectivity index (χ1n) is 8.61. The van der Waals surface area contributed by atoms with E-state index in [-0.39, 0.29) is 12.3 Å². The van der Waals surface area contributed by atoms with Gasteiger partial charge in [-0.15, -0.1) is 0 Å². The number of amides is 1. The molecule has 24 heavy (non-hydrogen) atoms. The summed E-state index contributed by atoms with van der Waals surface area (Å²) in [6, 6.07) is 0.602. The van der Waals surface area contributed by atoms with Gasteiger partial charge in [-0.05, 0) is 12.8 Å². The van der Waals surface area contributed by atoms with E-state index < -0.39 is 5.91 Å². The lowest BCUT2D eigenvalue weighted by molar-refractivity contribution is 0.0746. The third-order valence-corrected chi connectivity index (χ3v) is 5.00. The molecule has 2 aliphatic rings. The van der Waals surface area contributed by atoms with Crippen molar-refractivity contribution in [2.24, 2.45) is 5.73 Å². The summed E-state index contributed by atoms with van der Waals surface area (Å²) in [6.07, 6.45) is 5.27. The minimum Gasteiger partial charge on any atom is -0.395 e. The molecule has 0 saturated carbocycles. The molecule has 0 aliphatic carbocycles. The second-order valence-corrected chi connectivity index (χ2v) is 6.45. The van der Waals surface area contributed by atoms with E-state index in [4.69, 9.17) is 10.8 Å². The maximum absolute atomic E-state index is 11.2. The van der Waals surface area contributed by atoms with Crippen LogP contribution in [0.15, 0.2) is 12.4 Å². The minimum absolute atomic E-state index is 0.217. The molecule has 2 saturated heterocycles. The molecule has 1 aromatic heterocycles. The highest BCUT2D eigenvalue weighted by atomic mass is 16.3. The molecule has 0 radical (unpaired) electrons. The van der Waals surface area contributed by atoms with Crippen LogP contribution in [0.1, 0.15) is 23.3 Å². The van der Waals surface area contributed by atoms with Gasteiger partial charge in [0.15, 0.2) is 0 Å². The van der Waals surface area contributed by atoms with Crippen LogP contribution in [0.5, 0.6) is 0 Å². The number of aliphatic hydroxyl groups is 1. The fraction of sp³-hybridized carbons (Fsp3) is 0.688. The van der Waals surface area contributed by atoms with Crippen molar-refractivity contribution in [3.8, 4) is 0 Å². The Kier molecular flexibility index (Phi) is 5.60. The SMILES string of the molecule is NC(=O)c1cncc(N2CCC(N3CCN(CCO)CC3)CC2)n1. The number of hydrogen-bond acceptors (Lipinski definition) is 7. The molecule has 1 aromatic rings. The zero-order valence-corrected chi connectivity index (χ0v) is 14.0. The third-order valence-electron chi connectivity index (χ3n) is 5.00. The van der Waals surface area contributed by atoms with E-state index in [1.165, 1.54) is 6.20 Å². The first kappa shape index (κ1) is 17.1. The fourth-order valence-corrected chi connectivity index (χ4v) is 3.58. The van der Waals surface area contributed by atoms with Gasteiger partial charge in [0.05, 0.1) is 19.0 Å². The number of aliphatic hydroxyl groups excluding tert-OH is 1. The summed E-state index contributed by atoms with van der Waals surface area (Å²) in [5.41, 5.74) is 5.50. The number of aromatic nitrogens is 2. The smallest absolute Gasteiger partial charge is 0.268 e. The number of β-amino-alcohol motifs (C(OH)–C–C–N with tert-alkyl or cyclic N) is 1. The van der Waals surface area contributed by atoms with Crippen molar-refractivity contribution < 1.29 is 9.90 Å². The van der Waals surface area contributed by atoms with Gasteiger partial charge in [0.25, 0.3) is 5.91 Å². The summed E-state index contributed by atoms with van der Waals surface area (Å²) in [7, 11) is 0. The number of carbonyl (C=O) groups excluding carboxylic acids is 1. The molecule has 0 bridgehead atoms. The highest BCUT2D eigenvalue weighted by molar-refractivity contribution is 5.90. The van der Waals surface area contributed by atoms with Gasteiger partial charge in [-0.1, -0.05) is 0 Å². The Morgan fingerprint density at radius 1 is 1.17 bits per heavy atom. The number of rotatable bonds is 5. The topological polar surface area (TPSA) is 98.8 Å². The number of nitrogens with two attached hydrogens (primary N) is 1. The number of nitrogens with zero attached hydrogens (tertiary/aromatic N) is 5. The highest BCUT2D eigenvalue weighted by Gasteiger charge is 2.28. The monoisotopic (exact) mass is 334 g/mol. The summed E-state index contributed by atoms with van der Waals surface area (Å²) in [4.78, 5) is 26.7. The van der Waals surface area contributed by atoms with Crippen molar-refractivity contribution in [3.63, 3.8) is 0 Å². The van der Waals surface area contributed by atoms with Gasteiger partial charge in [0.1, 0.15) is 11.5 Å². The van der Waals surface area contributed by atoms with Crippen LogP contribution in [0.25, 0.3) is 0 Å². The van der Waals surface area contributed by atoms with Gasteiger partial charge < -0.3 is 15.7 Å². The summed E-state index contributed by atoms with van der Waals surface area (Å²) in [6.45, 7) is 7.06. The predicted octanol–water partition coefficient (Wildman–Crippen LogP) is -0.846. The Labute approximate surface area is 142 Å². The van der Waals surface area contributed by atoms with Gasteiger partial charge in [0, 0.05) is 51.9 Å². The van der Waals surface area contributed by atoms with E-state index in [1.807, 2.05) is 0 Å². The predicted molar refractivity (Wildman–Crippen MR) is 90.9 cm³/mol. The molecule has 0 atom stereocenters. The molecule has 3 heterocycles. The normalized spacial score (nSPS) is 21.1. The Bertz CT molecular complexity index is 553. The van der Waals surface area contributed by atoms with Gasteiger partial charge >= 0.3 is 0 Å². The van der Waals surface area contributed by atoms with Crippen molar-refractivity contribution >= 4 is 11.7 Å². The van der Waals surface area contributed by atoms with E-state index in [0.29, 0.717) is 6.04 Å². The quantitative estimate of drug-likeness (QED) is 0.724. The zero-order chi connectivity index (χ0) is 16.9. The van der Waals surface area contributed by atoms with Crippen LogP contribution in [0.3, 0.4) is 0 Å². The maximum Gasteiger partial charge on any atom is 0.268 e. The summed E-state index contributed by atoms with van der Waals surface area (Å²) in [5.74, 6) is 0.192. The Balaban J connectivity index is 1.51. The van der Waals surface area contributed by atoms with Gasteiger partial charge in [-0.3, -0.25) is 19.6 Å². The van der Waals surface area contributed by atoms with E-state index in [0.717, 1.165) is 64.5 Å². The van der Waals surface area contributed by atoms with Gasteiger partial charge in [0.2, 0.25) is 0 Å².